The van der Waals surface area contributed by atoms with Crippen LogP contribution in [0.5, 0.6) is 5.75 Å². The monoisotopic (exact) mass is 369 g/mol. The van der Waals surface area contributed by atoms with Gasteiger partial charge >= 0.3 is 5.63 Å². The molecule has 5 rings (SSSR count). The normalized spacial score (nSPS) is 11.1. The van der Waals surface area contributed by atoms with Gasteiger partial charge in [0.25, 0.3) is 0 Å². The lowest BCUT2D eigenvalue weighted by atomic mass is 10.0. The fraction of sp³-hybridized carbons (Fsp3) is 0.0476. The lowest BCUT2D eigenvalue weighted by molar-refractivity contribution is 0.295. The molecule has 2 heterocycles. The average Bonchev–Trinajstić information content (AvgIpc) is 3.25. The zero-order valence-electron chi connectivity index (χ0n) is 14.6. The number of nitrogens with zero attached hydrogens (tertiary/aromatic N) is 4. The van der Waals surface area contributed by atoms with Gasteiger partial charge in [0.1, 0.15) is 17.9 Å². The van der Waals surface area contributed by atoms with Gasteiger partial charge < -0.3 is 14.3 Å². The number of hydrogen-bond acceptors (Lipinski definition) is 6. The van der Waals surface area contributed by atoms with E-state index in [0.717, 1.165) is 21.7 Å². The Labute approximate surface area is 158 Å². The van der Waals surface area contributed by atoms with E-state index in [1.807, 2.05) is 54.6 Å². The molecule has 0 saturated heterocycles. The number of fused-ring (bicyclic) bond motifs is 2. The van der Waals surface area contributed by atoms with Gasteiger partial charge in [-0.2, -0.15) is 5.21 Å². The van der Waals surface area contributed by atoms with E-state index < -0.39 is 5.63 Å². The zero-order chi connectivity index (χ0) is 18.9. The minimum atomic E-state index is -0.396. The van der Waals surface area contributed by atoms with Gasteiger partial charge in [-0.1, -0.05) is 36.4 Å². The average molecular weight is 369 g/mol. The molecule has 28 heavy (non-hydrogen) atoms. The van der Waals surface area contributed by atoms with E-state index in [2.05, 4.69) is 20.6 Å². The SMILES string of the molecule is O=c1oc2cc(OCc3nnn[n-]3)ccc2cc1-c1ccc2ccccc2c1. The molecule has 7 heteroatoms. The number of hydrogen-bond donors (Lipinski definition) is 0. The van der Waals surface area contributed by atoms with Crippen molar-refractivity contribution in [3.05, 3.63) is 83.0 Å². The van der Waals surface area contributed by atoms with Crippen LogP contribution in [0.4, 0.5) is 0 Å². The van der Waals surface area contributed by atoms with Crippen LogP contribution >= 0.6 is 0 Å². The van der Waals surface area contributed by atoms with Crippen LogP contribution in [0.3, 0.4) is 0 Å². The van der Waals surface area contributed by atoms with Crippen LogP contribution in [0.2, 0.25) is 0 Å². The number of tetrazole rings is 1. The summed E-state index contributed by atoms with van der Waals surface area (Å²) in [5.41, 5.74) is 1.40. The predicted octanol–water partition coefficient (Wildman–Crippen LogP) is 3.33. The third-order valence-electron chi connectivity index (χ3n) is 4.50. The van der Waals surface area contributed by atoms with Gasteiger partial charge in [-0.3, -0.25) is 10.3 Å². The Kier molecular flexibility index (Phi) is 3.83. The summed E-state index contributed by atoms with van der Waals surface area (Å²) >= 11 is 0. The summed E-state index contributed by atoms with van der Waals surface area (Å²) in [6.45, 7) is 0.137. The van der Waals surface area contributed by atoms with Crippen LogP contribution in [0.1, 0.15) is 5.82 Å². The molecule has 0 bridgehead atoms. The first-order chi connectivity index (χ1) is 13.8. The minimum absolute atomic E-state index is 0.137. The summed E-state index contributed by atoms with van der Waals surface area (Å²) in [5, 5.41) is 17.2. The Morgan fingerprint density at radius 2 is 1.79 bits per heavy atom. The van der Waals surface area contributed by atoms with Crippen LogP contribution in [-0.4, -0.2) is 15.5 Å². The molecule has 0 fully saturated rings. The van der Waals surface area contributed by atoms with Crippen molar-refractivity contribution < 1.29 is 9.15 Å². The van der Waals surface area contributed by atoms with Crippen molar-refractivity contribution in [3.8, 4) is 16.9 Å². The van der Waals surface area contributed by atoms with E-state index in [0.29, 0.717) is 22.7 Å². The molecule has 0 unspecified atom stereocenters. The Hall–Kier alpha value is -4.00. The highest BCUT2D eigenvalue weighted by Crippen LogP contribution is 2.27. The van der Waals surface area contributed by atoms with E-state index in [9.17, 15) is 4.79 Å². The highest BCUT2D eigenvalue weighted by atomic mass is 16.5. The minimum Gasteiger partial charge on any atom is -0.488 e. The van der Waals surface area contributed by atoms with Crippen molar-refractivity contribution >= 4 is 21.7 Å². The van der Waals surface area contributed by atoms with E-state index in [1.165, 1.54) is 0 Å². The molecule has 0 saturated carbocycles. The molecular formula is C21H13N4O3-. The molecule has 7 nitrogen and oxygen atoms in total. The summed E-state index contributed by atoms with van der Waals surface area (Å²) in [4.78, 5) is 12.6. The number of ether oxygens (including phenoxy) is 1. The Bertz CT molecular complexity index is 1340. The third-order valence-corrected chi connectivity index (χ3v) is 4.50. The first kappa shape index (κ1) is 16.2. The highest BCUT2D eigenvalue weighted by molar-refractivity contribution is 5.89. The van der Waals surface area contributed by atoms with E-state index in [4.69, 9.17) is 9.15 Å². The van der Waals surface area contributed by atoms with Gasteiger partial charge in [-0.05, 0) is 40.6 Å². The Morgan fingerprint density at radius 1 is 0.929 bits per heavy atom. The molecule has 136 valence electrons. The Morgan fingerprint density at radius 3 is 2.64 bits per heavy atom. The highest BCUT2D eigenvalue weighted by Gasteiger charge is 2.09. The molecule has 0 aliphatic carbocycles. The zero-order valence-corrected chi connectivity index (χ0v) is 14.6. The fourth-order valence-electron chi connectivity index (χ4n) is 3.11. The molecule has 0 amide bonds. The van der Waals surface area contributed by atoms with Gasteiger partial charge in [0, 0.05) is 17.3 Å². The van der Waals surface area contributed by atoms with Gasteiger partial charge in [0.2, 0.25) is 0 Å². The van der Waals surface area contributed by atoms with Crippen molar-refractivity contribution in [2.24, 2.45) is 0 Å². The molecule has 0 spiro atoms. The first-order valence-electron chi connectivity index (χ1n) is 8.64. The van der Waals surface area contributed by atoms with Crippen molar-refractivity contribution in [1.82, 2.24) is 20.6 Å². The summed E-state index contributed by atoms with van der Waals surface area (Å²) < 4.78 is 11.1. The summed E-state index contributed by atoms with van der Waals surface area (Å²) in [6.07, 6.45) is 0. The van der Waals surface area contributed by atoms with Crippen LogP contribution in [0, 0.1) is 0 Å². The molecule has 0 radical (unpaired) electrons. The molecule has 0 aliphatic rings. The molecule has 0 aliphatic heterocycles. The van der Waals surface area contributed by atoms with Gasteiger partial charge in [0.15, 0.2) is 0 Å². The third kappa shape index (κ3) is 2.99. The van der Waals surface area contributed by atoms with Crippen LogP contribution in [-0.2, 0) is 6.61 Å². The second-order valence-electron chi connectivity index (χ2n) is 6.29. The van der Waals surface area contributed by atoms with E-state index in [-0.39, 0.29) is 6.61 Å². The first-order valence-corrected chi connectivity index (χ1v) is 8.64. The number of benzene rings is 3. The quantitative estimate of drug-likeness (QED) is 0.449. The van der Waals surface area contributed by atoms with Gasteiger partial charge in [0.05, 0.1) is 5.56 Å². The molecule has 0 N–H and O–H groups in total. The predicted molar refractivity (Wildman–Crippen MR) is 103 cm³/mol. The summed E-state index contributed by atoms with van der Waals surface area (Å²) in [7, 11) is 0. The molecule has 2 aromatic heterocycles. The molecule has 0 atom stereocenters. The van der Waals surface area contributed by atoms with Crippen molar-refractivity contribution in [3.63, 3.8) is 0 Å². The van der Waals surface area contributed by atoms with Crippen LogP contribution in [0.15, 0.2) is 75.9 Å². The number of rotatable bonds is 4. The van der Waals surface area contributed by atoms with Gasteiger partial charge in [-0.25, -0.2) is 4.79 Å². The second kappa shape index (κ2) is 6.62. The van der Waals surface area contributed by atoms with Gasteiger partial charge in [-0.15, -0.1) is 0 Å². The van der Waals surface area contributed by atoms with Crippen LogP contribution in [0.25, 0.3) is 32.9 Å². The maximum absolute atomic E-state index is 12.6. The van der Waals surface area contributed by atoms with Crippen LogP contribution < -0.4 is 15.5 Å². The summed E-state index contributed by atoms with van der Waals surface area (Å²) in [6, 6.07) is 21.1. The van der Waals surface area contributed by atoms with Crippen molar-refractivity contribution in [1.29, 1.82) is 0 Å². The van der Waals surface area contributed by atoms with Crippen molar-refractivity contribution in [2.45, 2.75) is 6.61 Å². The molecule has 3 aromatic carbocycles. The smallest absolute Gasteiger partial charge is 0.344 e. The molecular weight excluding hydrogens is 356 g/mol. The topological polar surface area (TPSA) is 92.2 Å². The fourth-order valence-corrected chi connectivity index (χ4v) is 3.11. The van der Waals surface area contributed by atoms with E-state index >= 15 is 0 Å². The van der Waals surface area contributed by atoms with E-state index in [1.54, 1.807) is 12.1 Å². The maximum atomic E-state index is 12.6. The summed E-state index contributed by atoms with van der Waals surface area (Å²) in [5.74, 6) is 0.923. The number of aromatic nitrogens is 4. The van der Waals surface area contributed by atoms with Crippen molar-refractivity contribution in [2.75, 3.05) is 0 Å². The standard InChI is InChI=1S/C21H13N4O3/c26-21-18(15-6-5-13-3-1-2-4-14(13)9-15)10-16-7-8-17(11-19(16)28-21)27-12-20-22-24-25-23-20/h1-11H,12H2/q-1. The maximum Gasteiger partial charge on any atom is 0.344 e. The Balaban J connectivity index is 1.51. The lowest BCUT2D eigenvalue weighted by Crippen LogP contribution is -2.03. The molecule has 5 aromatic rings. The lowest BCUT2D eigenvalue weighted by Gasteiger charge is -2.08. The second-order valence-corrected chi connectivity index (χ2v) is 6.29. The largest absolute Gasteiger partial charge is 0.488 e.